The molecule has 1 aromatic rings. The lowest BCUT2D eigenvalue weighted by atomic mass is 10.4. The van der Waals surface area contributed by atoms with Crippen LogP contribution in [0.2, 0.25) is 0 Å². The number of nitrogens with one attached hydrogen (secondary N) is 1. The van der Waals surface area contributed by atoms with Crippen molar-refractivity contribution in [3.63, 3.8) is 0 Å². The van der Waals surface area contributed by atoms with Crippen molar-refractivity contribution in [1.29, 1.82) is 0 Å². The smallest absolute Gasteiger partial charge is 0.357 e. The van der Waals surface area contributed by atoms with Crippen molar-refractivity contribution in [2.75, 3.05) is 25.1 Å². The molecule has 0 spiro atoms. The van der Waals surface area contributed by atoms with Crippen LogP contribution in [0.5, 0.6) is 0 Å². The van der Waals surface area contributed by atoms with Gasteiger partial charge in [0.1, 0.15) is 6.61 Å². The first-order valence-electron chi connectivity index (χ1n) is 6.11. The van der Waals surface area contributed by atoms with Gasteiger partial charge in [0, 0.05) is 18.9 Å². The highest BCUT2D eigenvalue weighted by Crippen LogP contribution is 2.15. The number of nitrogens with zero attached hydrogens (tertiary/aromatic N) is 1. The lowest BCUT2D eigenvalue weighted by Crippen LogP contribution is -2.12. The summed E-state index contributed by atoms with van der Waals surface area (Å²) in [6, 6.07) is 0. The Kier molecular flexibility index (Phi) is 7.06. The van der Waals surface area contributed by atoms with Gasteiger partial charge >= 0.3 is 5.97 Å². The maximum Gasteiger partial charge on any atom is 0.357 e. The van der Waals surface area contributed by atoms with Crippen LogP contribution < -0.4 is 5.32 Å². The third-order valence-corrected chi connectivity index (χ3v) is 2.86. The Hall–Kier alpha value is -1.47. The third-order valence-electron chi connectivity index (χ3n) is 2.10. The van der Waals surface area contributed by atoms with Crippen molar-refractivity contribution in [2.45, 2.75) is 26.7 Å². The molecular weight excluding hydrogens is 268 g/mol. The van der Waals surface area contributed by atoms with E-state index < -0.39 is 5.97 Å². The number of anilines is 1. The van der Waals surface area contributed by atoms with Gasteiger partial charge in [0.05, 0.1) is 6.61 Å². The first kappa shape index (κ1) is 15.6. The van der Waals surface area contributed by atoms with Gasteiger partial charge in [0.25, 0.3) is 0 Å². The SMILES string of the molecule is CCCCOCCOC(=O)c1csc(NC(C)=O)n1. The molecule has 0 saturated carbocycles. The zero-order valence-corrected chi connectivity index (χ0v) is 11.9. The number of hydrogen-bond acceptors (Lipinski definition) is 6. The van der Waals surface area contributed by atoms with Crippen molar-refractivity contribution in [3.8, 4) is 0 Å². The Morgan fingerprint density at radius 1 is 1.37 bits per heavy atom. The number of carbonyl (C=O) groups is 2. The molecule has 19 heavy (non-hydrogen) atoms. The monoisotopic (exact) mass is 286 g/mol. The number of unbranched alkanes of at least 4 members (excludes halogenated alkanes) is 1. The summed E-state index contributed by atoms with van der Waals surface area (Å²) in [5.74, 6) is -0.731. The average Bonchev–Trinajstić information content (AvgIpc) is 2.81. The van der Waals surface area contributed by atoms with E-state index in [4.69, 9.17) is 9.47 Å². The molecule has 1 amide bonds. The first-order valence-corrected chi connectivity index (χ1v) is 6.99. The molecule has 7 heteroatoms. The second kappa shape index (κ2) is 8.60. The Morgan fingerprint density at radius 3 is 2.84 bits per heavy atom. The normalized spacial score (nSPS) is 10.2. The van der Waals surface area contributed by atoms with E-state index in [1.165, 1.54) is 18.3 Å². The van der Waals surface area contributed by atoms with Crippen LogP contribution in [0.15, 0.2) is 5.38 Å². The van der Waals surface area contributed by atoms with Gasteiger partial charge in [0.2, 0.25) is 5.91 Å². The predicted octanol–water partition coefficient (Wildman–Crippen LogP) is 2.08. The summed E-state index contributed by atoms with van der Waals surface area (Å²) in [6.45, 7) is 4.73. The molecule has 1 N–H and O–H groups in total. The molecule has 1 rings (SSSR count). The van der Waals surface area contributed by atoms with Gasteiger partial charge in [-0.25, -0.2) is 9.78 Å². The molecule has 0 radical (unpaired) electrons. The molecule has 1 heterocycles. The van der Waals surface area contributed by atoms with E-state index in [-0.39, 0.29) is 18.2 Å². The van der Waals surface area contributed by atoms with Gasteiger partial charge in [-0.05, 0) is 6.42 Å². The van der Waals surface area contributed by atoms with Gasteiger partial charge in [-0.2, -0.15) is 0 Å². The number of amides is 1. The standard InChI is InChI=1S/C12H18N2O4S/c1-3-4-5-17-6-7-18-11(16)10-8-19-12(14-10)13-9(2)15/h8H,3-7H2,1-2H3,(H,13,14,15). The molecule has 106 valence electrons. The predicted molar refractivity (Wildman–Crippen MR) is 72.4 cm³/mol. The average molecular weight is 286 g/mol. The van der Waals surface area contributed by atoms with Crippen LogP contribution in [0.3, 0.4) is 0 Å². The fourth-order valence-electron chi connectivity index (χ4n) is 1.19. The van der Waals surface area contributed by atoms with Crippen molar-refractivity contribution >= 4 is 28.3 Å². The second-order valence-electron chi connectivity index (χ2n) is 3.82. The molecule has 1 aromatic heterocycles. The van der Waals surface area contributed by atoms with Gasteiger partial charge in [-0.15, -0.1) is 11.3 Å². The van der Waals surface area contributed by atoms with Crippen LogP contribution in [0, 0.1) is 0 Å². The summed E-state index contributed by atoms with van der Waals surface area (Å²) >= 11 is 1.18. The lowest BCUT2D eigenvalue weighted by molar-refractivity contribution is -0.114. The van der Waals surface area contributed by atoms with Gasteiger partial charge < -0.3 is 14.8 Å². The highest BCUT2D eigenvalue weighted by Gasteiger charge is 2.12. The van der Waals surface area contributed by atoms with Crippen molar-refractivity contribution in [1.82, 2.24) is 4.98 Å². The highest BCUT2D eigenvalue weighted by molar-refractivity contribution is 7.14. The quantitative estimate of drug-likeness (QED) is 0.584. The van der Waals surface area contributed by atoms with Gasteiger partial charge in [-0.3, -0.25) is 4.79 Å². The molecule has 0 aliphatic heterocycles. The third kappa shape index (κ3) is 6.30. The van der Waals surface area contributed by atoms with E-state index in [9.17, 15) is 9.59 Å². The van der Waals surface area contributed by atoms with Crippen LogP contribution in [-0.2, 0) is 14.3 Å². The van der Waals surface area contributed by atoms with Crippen LogP contribution >= 0.6 is 11.3 Å². The van der Waals surface area contributed by atoms with Gasteiger partial charge in [-0.1, -0.05) is 13.3 Å². The maximum absolute atomic E-state index is 11.6. The molecule has 0 saturated heterocycles. The summed E-state index contributed by atoms with van der Waals surface area (Å²) in [5.41, 5.74) is 0.197. The Morgan fingerprint density at radius 2 is 2.16 bits per heavy atom. The maximum atomic E-state index is 11.6. The Bertz CT molecular complexity index is 420. The van der Waals surface area contributed by atoms with E-state index in [1.807, 2.05) is 0 Å². The van der Waals surface area contributed by atoms with Crippen molar-refractivity contribution < 1.29 is 19.1 Å². The number of thiazole rings is 1. The highest BCUT2D eigenvalue weighted by atomic mass is 32.1. The minimum Gasteiger partial charge on any atom is -0.458 e. The Labute approximate surface area is 116 Å². The fourth-order valence-corrected chi connectivity index (χ4v) is 1.92. The van der Waals surface area contributed by atoms with E-state index in [0.29, 0.717) is 18.3 Å². The van der Waals surface area contributed by atoms with Crippen molar-refractivity contribution in [2.24, 2.45) is 0 Å². The summed E-state index contributed by atoms with van der Waals surface area (Å²) in [6.07, 6.45) is 2.07. The van der Waals surface area contributed by atoms with Crippen LogP contribution in [0.4, 0.5) is 5.13 Å². The second-order valence-corrected chi connectivity index (χ2v) is 4.68. The number of ether oxygens (including phenoxy) is 2. The van der Waals surface area contributed by atoms with Crippen LogP contribution in [0.25, 0.3) is 0 Å². The molecular formula is C12H18N2O4S. The molecule has 0 aliphatic rings. The molecule has 0 aromatic carbocycles. The zero-order chi connectivity index (χ0) is 14.1. The number of esters is 1. The minimum atomic E-state index is -0.507. The number of aromatic nitrogens is 1. The summed E-state index contributed by atoms with van der Waals surface area (Å²) in [7, 11) is 0. The molecule has 0 atom stereocenters. The van der Waals surface area contributed by atoms with E-state index >= 15 is 0 Å². The molecule has 0 fully saturated rings. The lowest BCUT2D eigenvalue weighted by Gasteiger charge is -2.04. The molecule has 0 unspecified atom stereocenters. The van der Waals surface area contributed by atoms with E-state index in [2.05, 4.69) is 17.2 Å². The summed E-state index contributed by atoms with van der Waals surface area (Å²) in [5, 5.41) is 4.44. The topological polar surface area (TPSA) is 77.5 Å². The molecule has 6 nitrogen and oxygen atoms in total. The largest absolute Gasteiger partial charge is 0.458 e. The van der Waals surface area contributed by atoms with Crippen molar-refractivity contribution in [3.05, 3.63) is 11.1 Å². The van der Waals surface area contributed by atoms with Crippen LogP contribution in [0.1, 0.15) is 37.2 Å². The Balaban J connectivity index is 2.25. The number of carbonyl (C=O) groups excluding carboxylic acids is 2. The summed E-state index contributed by atoms with van der Waals surface area (Å²) in [4.78, 5) is 26.3. The summed E-state index contributed by atoms with van der Waals surface area (Å²) < 4.78 is 10.3. The fraction of sp³-hybridized carbons (Fsp3) is 0.583. The first-order chi connectivity index (χ1) is 9.13. The molecule has 0 bridgehead atoms. The van der Waals surface area contributed by atoms with Crippen LogP contribution in [-0.4, -0.2) is 36.7 Å². The zero-order valence-electron chi connectivity index (χ0n) is 11.1. The van der Waals surface area contributed by atoms with E-state index in [1.54, 1.807) is 5.38 Å². The minimum absolute atomic E-state index is 0.197. The molecule has 0 aliphatic carbocycles. The van der Waals surface area contributed by atoms with Gasteiger partial charge in [0.15, 0.2) is 10.8 Å². The number of hydrogen-bond donors (Lipinski definition) is 1. The number of rotatable bonds is 8. The van der Waals surface area contributed by atoms with E-state index in [0.717, 1.165) is 12.8 Å².